The van der Waals surface area contributed by atoms with Crippen LogP contribution in [0, 0.1) is 0 Å². The van der Waals surface area contributed by atoms with E-state index >= 15 is 0 Å². The Morgan fingerprint density at radius 1 is 1.00 bits per heavy atom. The van der Waals surface area contributed by atoms with Gasteiger partial charge in [0.25, 0.3) is 5.91 Å². The number of anilines is 1. The molecule has 1 fully saturated rings. The van der Waals surface area contributed by atoms with E-state index < -0.39 is 6.04 Å². The molecule has 5 rings (SSSR count). The Morgan fingerprint density at radius 3 is 2.59 bits per heavy atom. The Hall–Kier alpha value is -3.29. The molecule has 8 heteroatoms. The number of fused-ring (bicyclic) bond motifs is 1. The van der Waals surface area contributed by atoms with Crippen LogP contribution in [-0.4, -0.2) is 39.5 Å². The van der Waals surface area contributed by atoms with Gasteiger partial charge in [-0.05, 0) is 47.9 Å². The fraction of sp³-hybridized carbons (Fsp3) is 0.167. The average molecular weight is 463 g/mol. The minimum absolute atomic E-state index is 0.132. The number of nitrogens with zero attached hydrogens (tertiary/aromatic N) is 3. The van der Waals surface area contributed by atoms with Gasteiger partial charge in [-0.25, -0.2) is 0 Å². The van der Waals surface area contributed by atoms with Crippen molar-refractivity contribution >= 4 is 50.7 Å². The van der Waals surface area contributed by atoms with Crippen molar-refractivity contribution in [2.24, 2.45) is 0 Å². The average Bonchev–Trinajstić information content (AvgIpc) is 3.49. The molecule has 1 aromatic heterocycles. The van der Waals surface area contributed by atoms with Crippen LogP contribution in [0.4, 0.5) is 5.13 Å². The molecule has 1 saturated heterocycles. The van der Waals surface area contributed by atoms with E-state index in [1.54, 1.807) is 17.0 Å². The monoisotopic (exact) mass is 462 g/mol. The molecule has 3 aromatic carbocycles. The number of aromatic nitrogens is 2. The summed E-state index contributed by atoms with van der Waals surface area (Å²) in [6.07, 6.45) is 1.40. The maximum absolute atomic E-state index is 13.2. The van der Waals surface area contributed by atoms with Crippen molar-refractivity contribution in [1.82, 2.24) is 15.1 Å². The number of hydrogen-bond acceptors (Lipinski definition) is 5. The standard InChI is InChI=1S/C24H19ClN4O2S/c25-19-11-9-16(10-12-19)22-27-28-24(32-22)26-21(30)20-6-3-13-29(20)23(31)18-8-7-15-4-1-2-5-17(15)14-18/h1-2,4-5,7-12,14,20H,3,6,13H2,(H,26,28,30). The van der Waals surface area contributed by atoms with Crippen molar-refractivity contribution in [2.45, 2.75) is 18.9 Å². The van der Waals surface area contributed by atoms with Gasteiger partial charge >= 0.3 is 0 Å². The first-order valence-electron chi connectivity index (χ1n) is 10.3. The van der Waals surface area contributed by atoms with E-state index in [0.717, 1.165) is 22.8 Å². The number of rotatable bonds is 4. The second-order valence-corrected chi connectivity index (χ2v) is 9.04. The zero-order valence-electron chi connectivity index (χ0n) is 17.0. The number of carbonyl (C=O) groups is 2. The van der Waals surface area contributed by atoms with Gasteiger partial charge in [-0.1, -0.05) is 65.4 Å². The molecule has 1 N–H and O–H groups in total. The lowest BCUT2D eigenvalue weighted by atomic mass is 10.1. The summed E-state index contributed by atoms with van der Waals surface area (Å²) >= 11 is 7.22. The molecule has 4 aromatic rings. The Kier molecular flexibility index (Phi) is 5.59. The number of carbonyl (C=O) groups excluding carboxylic acids is 2. The van der Waals surface area contributed by atoms with Gasteiger partial charge in [-0.3, -0.25) is 14.9 Å². The van der Waals surface area contributed by atoms with Gasteiger partial charge in [0, 0.05) is 22.7 Å². The van der Waals surface area contributed by atoms with Crippen LogP contribution in [0.1, 0.15) is 23.2 Å². The SMILES string of the molecule is O=C(Nc1nnc(-c2ccc(Cl)cc2)s1)C1CCCN1C(=O)c1ccc2ccccc2c1. The van der Waals surface area contributed by atoms with E-state index in [1.807, 2.05) is 54.6 Å². The predicted molar refractivity (Wildman–Crippen MR) is 127 cm³/mol. The molecule has 2 heterocycles. The van der Waals surface area contributed by atoms with Gasteiger partial charge in [0.05, 0.1) is 0 Å². The summed E-state index contributed by atoms with van der Waals surface area (Å²) in [6.45, 7) is 0.551. The Balaban J connectivity index is 1.31. The maximum atomic E-state index is 13.2. The molecule has 1 atom stereocenters. The van der Waals surface area contributed by atoms with Crippen molar-refractivity contribution in [3.63, 3.8) is 0 Å². The summed E-state index contributed by atoms with van der Waals surface area (Å²) in [6, 6.07) is 20.3. The van der Waals surface area contributed by atoms with Gasteiger partial charge in [0.2, 0.25) is 11.0 Å². The number of halogens is 1. The number of benzene rings is 3. The number of amides is 2. The third-order valence-electron chi connectivity index (χ3n) is 5.56. The Labute approximate surface area is 193 Å². The van der Waals surface area contributed by atoms with Crippen LogP contribution in [0.3, 0.4) is 0 Å². The quantitative estimate of drug-likeness (QED) is 0.449. The number of nitrogens with one attached hydrogen (secondary N) is 1. The van der Waals surface area contributed by atoms with E-state index in [2.05, 4.69) is 15.5 Å². The molecular weight excluding hydrogens is 444 g/mol. The molecule has 0 saturated carbocycles. The van der Waals surface area contributed by atoms with Crippen molar-refractivity contribution in [3.8, 4) is 10.6 Å². The van der Waals surface area contributed by atoms with Crippen molar-refractivity contribution in [1.29, 1.82) is 0 Å². The molecule has 160 valence electrons. The summed E-state index contributed by atoms with van der Waals surface area (Å²) in [4.78, 5) is 27.8. The third-order valence-corrected chi connectivity index (χ3v) is 6.70. The van der Waals surface area contributed by atoms with Crippen molar-refractivity contribution in [3.05, 3.63) is 77.3 Å². The molecule has 2 amide bonds. The molecule has 6 nitrogen and oxygen atoms in total. The van der Waals surface area contributed by atoms with Gasteiger partial charge in [0.15, 0.2) is 0 Å². The summed E-state index contributed by atoms with van der Waals surface area (Å²) < 4.78 is 0. The Morgan fingerprint density at radius 2 is 1.78 bits per heavy atom. The second-order valence-electron chi connectivity index (χ2n) is 7.63. The topological polar surface area (TPSA) is 75.2 Å². The molecule has 0 aliphatic carbocycles. The summed E-state index contributed by atoms with van der Waals surface area (Å²) in [5, 5.41) is 14.9. The van der Waals surface area contributed by atoms with E-state index in [4.69, 9.17) is 11.6 Å². The van der Waals surface area contributed by atoms with E-state index in [9.17, 15) is 9.59 Å². The molecule has 0 bridgehead atoms. The van der Waals surface area contributed by atoms with Crippen molar-refractivity contribution < 1.29 is 9.59 Å². The maximum Gasteiger partial charge on any atom is 0.254 e. The minimum atomic E-state index is -0.531. The van der Waals surface area contributed by atoms with E-state index in [-0.39, 0.29) is 11.8 Å². The smallest absolute Gasteiger partial charge is 0.254 e. The van der Waals surface area contributed by atoms with Crippen LogP contribution in [0.5, 0.6) is 0 Å². The highest BCUT2D eigenvalue weighted by Gasteiger charge is 2.35. The van der Waals surface area contributed by atoms with Crippen LogP contribution < -0.4 is 5.32 Å². The highest BCUT2D eigenvalue weighted by atomic mass is 35.5. The van der Waals surface area contributed by atoms with Gasteiger partial charge in [-0.15, -0.1) is 10.2 Å². The summed E-state index contributed by atoms with van der Waals surface area (Å²) in [5.41, 5.74) is 1.46. The molecule has 32 heavy (non-hydrogen) atoms. The fourth-order valence-electron chi connectivity index (χ4n) is 3.94. The van der Waals surface area contributed by atoms with Gasteiger partial charge in [0.1, 0.15) is 11.0 Å². The Bertz CT molecular complexity index is 1300. The zero-order valence-corrected chi connectivity index (χ0v) is 18.6. The predicted octanol–water partition coefficient (Wildman–Crippen LogP) is 5.26. The lowest BCUT2D eigenvalue weighted by Gasteiger charge is -2.23. The first-order valence-corrected chi connectivity index (χ1v) is 11.5. The van der Waals surface area contributed by atoms with Gasteiger partial charge < -0.3 is 4.90 Å². The molecule has 0 radical (unpaired) electrons. The minimum Gasteiger partial charge on any atom is -0.327 e. The normalized spacial score (nSPS) is 15.8. The van der Waals surface area contributed by atoms with Crippen LogP contribution in [0.25, 0.3) is 21.3 Å². The first kappa shape index (κ1) is 20.6. The van der Waals surface area contributed by atoms with E-state index in [1.165, 1.54) is 11.3 Å². The summed E-state index contributed by atoms with van der Waals surface area (Å²) in [5.74, 6) is -0.372. The molecule has 0 spiro atoms. The fourth-order valence-corrected chi connectivity index (χ4v) is 4.82. The van der Waals surface area contributed by atoms with Crippen LogP contribution in [-0.2, 0) is 4.79 Å². The number of likely N-dealkylation sites (tertiary alicyclic amines) is 1. The summed E-state index contributed by atoms with van der Waals surface area (Å²) in [7, 11) is 0. The highest BCUT2D eigenvalue weighted by molar-refractivity contribution is 7.18. The van der Waals surface area contributed by atoms with Crippen LogP contribution in [0.15, 0.2) is 66.7 Å². The third kappa shape index (κ3) is 4.09. The zero-order chi connectivity index (χ0) is 22.1. The lowest BCUT2D eigenvalue weighted by Crippen LogP contribution is -2.43. The first-order chi connectivity index (χ1) is 15.6. The van der Waals surface area contributed by atoms with Crippen LogP contribution >= 0.6 is 22.9 Å². The molecule has 1 unspecified atom stereocenters. The molecule has 1 aliphatic rings. The van der Waals surface area contributed by atoms with E-state index in [0.29, 0.717) is 33.7 Å². The largest absolute Gasteiger partial charge is 0.327 e. The molecule has 1 aliphatic heterocycles. The lowest BCUT2D eigenvalue weighted by molar-refractivity contribution is -0.119. The number of hydrogen-bond donors (Lipinski definition) is 1. The van der Waals surface area contributed by atoms with Gasteiger partial charge in [-0.2, -0.15) is 0 Å². The highest BCUT2D eigenvalue weighted by Crippen LogP contribution is 2.29. The van der Waals surface area contributed by atoms with Crippen molar-refractivity contribution in [2.75, 3.05) is 11.9 Å². The molecular formula is C24H19ClN4O2S. The second kappa shape index (κ2) is 8.68. The van der Waals surface area contributed by atoms with Crippen LogP contribution in [0.2, 0.25) is 5.02 Å².